The highest BCUT2D eigenvalue weighted by atomic mass is 32.2. The number of rotatable bonds is 9. The van der Waals surface area contributed by atoms with Gasteiger partial charge in [-0.1, -0.05) is 18.2 Å². The van der Waals surface area contributed by atoms with Crippen LogP contribution in [0.1, 0.15) is 19.3 Å². The molecule has 1 heterocycles. The molecule has 0 saturated carbocycles. The summed E-state index contributed by atoms with van der Waals surface area (Å²) >= 11 is 0. The second kappa shape index (κ2) is 10.6. The van der Waals surface area contributed by atoms with E-state index in [1.54, 1.807) is 17.6 Å². The molecule has 3 N–H and O–H groups in total. The maximum atomic E-state index is 13.3. The molecule has 1 aliphatic heterocycles. The molecule has 2 aromatic carbocycles. The zero-order chi connectivity index (χ0) is 23.1. The molecular weight excluding hydrogens is 440 g/mol. The summed E-state index contributed by atoms with van der Waals surface area (Å²) in [5.41, 5.74) is 1.57. The van der Waals surface area contributed by atoms with Crippen molar-refractivity contribution in [2.24, 2.45) is 5.92 Å². The normalized spacial score (nSPS) is 18.8. The first-order chi connectivity index (χ1) is 15.3. The summed E-state index contributed by atoms with van der Waals surface area (Å²) in [4.78, 5) is 22.9. The molecule has 1 saturated heterocycles. The fourth-order valence-corrected chi connectivity index (χ4v) is 4.91. The van der Waals surface area contributed by atoms with Crippen LogP contribution in [0.2, 0.25) is 0 Å². The first-order valence-corrected chi connectivity index (χ1v) is 11.4. The molecule has 2 unspecified atom stereocenters. The largest absolute Gasteiger partial charge is 0.481 e. The lowest BCUT2D eigenvalue weighted by molar-refractivity contribution is -0.143. The van der Waals surface area contributed by atoms with Crippen molar-refractivity contribution in [1.29, 1.82) is 0 Å². The lowest BCUT2D eigenvalue weighted by Gasteiger charge is -2.35. The quantitative estimate of drug-likeness (QED) is 0.379. The minimum absolute atomic E-state index is 0.0134. The fourth-order valence-electron chi connectivity index (χ4n) is 3.37. The number of hydrogen-bond donors (Lipinski definition) is 3. The van der Waals surface area contributed by atoms with Crippen LogP contribution >= 0.6 is 0 Å². The minimum atomic E-state index is -4.15. The number of hydroxylamine groups is 1. The third kappa shape index (κ3) is 5.82. The third-order valence-electron chi connectivity index (χ3n) is 5.02. The molecule has 3 rings (SSSR count). The Morgan fingerprint density at radius 1 is 1.09 bits per heavy atom. The fraction of sp³-hybridized carbons (Fsp3) is 0.333. The van der Waals surface area contributed by atoms with E-state index in [2.05, 4.69) is 0 Å². The van der Waals surface area contributed by atoms with Crippen LogP contribution in [0, 0.1) is 5.92 Å². The summed E-state index contributed by atoms with van der Waals surface area (Å²) < 4.78 is 38.8. The van der Waals surface area contributed by atoms with E-state index in [1.165, 1.54) is 24.3 Å². The number of nitrogens with zero attached hydrogens (tertiary/aromatic N) is 1. The van der Waals surface area contributed by atoms with Gasteiger partial charge in [0.1, 0.15) is 17.7 Å². The Bertz CT molecular complexity index is 1030. The van der Waals surface area contributed by atoms with Gasteiger partial charge in [0.25, 0.3) is 0 Å². The van der Waals surface area contributed by atoms with Crippen LogP contribution in [0.4, 0.5) is 0 Å². The van der Waals surface area contributed by atoms with Crippen LogP contribution in [-0.2, 0) is 24.3 Å². The Morgan fingerprint density at radius 2 is 1.75 bits per heavy atom. The van der Waals surface area contributed by atoms with E-state index >= 15 is 0 Å². The molecular formula is C21H24N2O8S. The number of carbonyl (C=O) groups excluding carboxylic acids is 1. The van der Waals surface area contributed by atoms with E-state index in [-0.39, 0.29) is 24.5 Å². The summed E-state index contributed by atoms with van der Waals surface area (Å²) in [6, 6.07) is 14.7. The molecule has 0 radical (unpaired) electrons. The number of benzene rings is 2. The number of aliphatic carboxylic acids is 1. The van der Waals surface area contributed by atoms with E-state index in [4.69, 9.17) is 19.8 Å². The van der Waals surface area contributed by atoms with Gasteiger partial charge >= 0.3 is 5.97 Å². The molecule has 11 heteroatoms. The van der Waals surface area contributed by atoms with Crippen LogP contribution in [0.5, 0.6) is 11.5 Å². The Labute approximate surface area is 185 Å². The van der Waals surface area contributed by atoms with Crippen molar-refractivity contribution in [2.75, 3.05) is 13.2 Å². The average molecular weight is 464 g/mol. The van der Waals surface area contributed by atoms with Crippen LogP contribution in [0.15, 0.2) is 59.5 Å². The molecule has 1 fully saturated rings. The molecule has 0 aromatic heterocycles. The number of carbonyl (C=O) groups is 2. The van der Waals surface area contributed by atoms with Gasteiger partial charge in [0.2, 0.25) is 15.9 Å². The summed E-state index contributed by atoms with van der Waals surface area (Å²) in [6.45, 7) is -0.246. The Hall–Kier alpha value is -2.99. The van der Waals surface area contributed by atoms with E-state index in [0.717, 1.165) is 4.31 Å². The van der Waals surface area contributed by atoms with Gasteiger partial charge in [0.15, 0.2) is 0 Å². The zero-order valence-electron chi connectivity index (χ0n) is 17.1. The number of carboxylic acid groups (broad SMARTS) is 1. The SMILES string of the molecule is O=C(O)CCN(C1CC(C(=O)NO)CCO1)S(=O)(=O)c1ccc(Oc2ccccc2)cc1. The van der Waals surface area contributed by atoms with Gasteiger partial charge in [0.05, 0.1) is 11.3 Å². The first kappa shape index (κ1) is 23.7. The molecule has 2 aromatic rings. The smallest absolute Gasteiger partial charge is 0.304 e. The molecule has 2 atom stereocenters. The number of ether oxygens (including phenoxy) is 2. The predicted molar refractivity (Wildman–Crippen MR) is 111 cm³/mol. The molecule has 10 nitrogen and oxygen atoms in total. The summed E-state index contributed by atoms with van der Waals surface area (Å²) in [7, 11) is -4.15. The Balaban J connectivity index is 1.82. The zero-order valence-corrected chi connectivity index (χ0v) is 17.9. The average Bonchev–Trinajstić information content (AvgIpc) is 2.79. The van der Waals surface area contributed by atoms with Crippen molar-refractivity contribution >= 4 is 21.9 Å². The molecule has 1 amide bonds. The van der Waals surface area contributed by atoms with Crippen molar-refractivity contribution in [3.63, 3.8) is 0 Å². The van der Waals surface area contributed by atoms with Crippen LogP contribution in [0.25, 0.3) is 0 Å². The molecule has 172 valence electrons. The van der Waals surface area contributed by atoms with Gasteiger partial charge in [-0.3, -0.25) is 14.8 Å². The highest BCUT2D eigenvalue weighted by Crippen LogP contribution is 2.29. The number of nitrogens with one attached hydrogen (secondary N) is 1. The Morgan fingerprint density at radius 3 is 2.38 bits per heavy atom. The number of carboxylic acids is 1. The number of para-hydroxylation sites is 1. The van der Waals surface area contributed by atoms with Gasteiger partial charge in [-0.05, 0) is 49.2 Å². The van der Waals surface area contributed by atoms with Gasteiger partial charge in [-0.2, -0.15) is 4.31 Å². The number of amides is 1. The van der Waals surface area contributed by atoms with Crippen LogP contribution in [0.3, 0.4) is 0 Å². The monoisotopic (exact) mass is 464 g/mol. The molecule has 0 spiro atoms. The van der Waals surface area contributed by atoms with Crippen molar-refractivity contribution in [1.82, 2.24) is 9.79 Å². The van der Waals surface area contributed by atoms with E-state index < -0.39 is 40.5 Å². The topological polar surface area (TPSA) is 142 Å². The lowest BCUT2D eigenvalue weighted by Crippen LogP contribution is -2.48. The van der Waals surface area contributed by atoms with Gasteiger partial charge in [-0.15, -0.1) is 0 Å². The molecule has 1 aliphatic rings. The predicted octanol–water partition coefficient (Wildman–Crippen LogP) is 2.20. The summed E-state index contributed by atoms with van der Waals surface area (Å²) in [6.07, 6.45) is -1.19. The van der Waals surface area contributed by atoms with Crippen molar-refractivity contribution in [3.8, 4) is 11.5 Å². The highest BCUT2D eigenvalue weighted by molar-refractivity contribution is 7.89. The van der Waals surface area contributed by atoms with Gasteiger partial charge < -0.3 is 14.6 Å². The van der Waals surface area contributed by atoms with E-state index in [0.29, 0.717) is 17.9 Å². The Kier molecular flexibility index (Phi) is 7.80. The maximum absolute atomic E-state index is 13.3. The number of sulfonamides is 1. The second-order valence-corrected chi connectivity index (χ2v) is 9.06. The molecule has 32 heavy (non-hydrogen) atoms. The maximum Gasteiger partial charge on any atom is 0.304 e. The minimum Gasteiger partial charge on any atom is -0.481 e. The first-order valence-electron chi connectivity index (χ1n) is 9.93. The molecule has 0 bridgehead atoms. The van der Waals surface area contributed by atoms with Crippen molar-refractivity contribution < 1.29 is 37.8 Å². The summed E-state index contributed by atoms with van der Waals surface area (Å²) in [5, 5.41) is 18.0. The van der Waals surface area contributed by atoms with E-state index in [1.807, 2.05) is 18.2 Å². The number of hydrogen-bond acceptors (Lipinski definition) is 7. The van der Waals surface area contributed by atoms with Crippen molar-refractivity contribution in [3.05, 3.63) is 54.6 Å². The van der Waals surface area contributed by atoms with Crippen LogP contribution < -0.4 is 10.2 Å². The second-order valence-electron chi connectivity index (χ2n) is 7.17. The lowest BCUT2D eigenvalue weighted by atomic mass is 9.98. The standard InChI is InChI=1S/C21H24N2O8S/c24-20(25)10-12-23(19-14-15(11-13-30-19)21(26)22-27)32(28,29)18-8-6-17(7-9-18)31-16-4-2-1-3-5-16/h1-9,15,19,27H,10-14H2,(H,22,26)(H,24,25). The van der Waals surface area contributed by atoms with Gasteiger partial charge in [-0.25, -0.2) is 13.9 Å². The molecule has 0 aliphatic carbocycles. The van der Waals surface area contributed by atoms with E-state index in [9.17, 15) is 18.0 Å². The highest BCUT2D eigenvalue weighted by Gasteiger charge is 2.38. The van der Waals surface area contributed by atoms with Gasteiger partial charge in [0, 0.05) is 19.1 Å². The third-order valence-corrected chi connectivity index (χ3v) is 6.92. The summed E-state index contributed by atoms with van der Waals surface area (Å²) in [5.74, 6) is -1.45. The van der Waals surface area contributed by atoms with Crippen molar-refractivity contribution in [2.45, 2.75) is 30.4 Å². The van der Waals surface area contributed by atoms with Crippen LogP contribution in [-0.4, -0.2) is 54.3 Å².